The maximum absolute atomic E-state index is 12.2. The highest BCUT2D eigenvalue weighted by Crippen LogP contribution is 2.22. The number of carbonyl (C=O) groups excluding carboxylic acids is 1. The highest BCUT2D eigenvalue weighted by molar-refractivity contribution is 5.91. The highest BCUT2D eigenvalue weighted by atomic mass is 16.3. The van der Waals surface area contributed by atoms with Crippen LogP contribution in [0.25, 0.3) is 0 Å². The molecule has 1 amide bonds. The number of piperidine rings is 1. The second-order valence-corrected chi connectivity index (χ2v) is 6.61. The van der Waals surface area contributed by atoms with Gasteiger partial charge < -0.3 is 19.3 Å². The second kappa shape index (κ2) is 6.40. The largest absolute Gasteiger partial charge is 0.459 e. The van der Waals surface area contributed by atoms with Crippen molar-refractivity contribution < 1.29 is 14.3 Å². The molecule has 2 fully saturated rings. The number of hydrogen-bond acceptors (Lipinski definition) is 5. The molecular weight excluding hydrogens is 282 g/mol. The Hall–Kier alpha value is -1.37. The Kier molecular flexibility index (Phi) is 4.52. The summed E-state index contributed by atoms with van der Waals surface area (Å²) in [6.07, 6.45) is 3.44. The van der Waals surface area contributed by atoms with Crippen molar-refractivity contribution in [1.29, 1.82) is 0 Å². The average molecular weight is 307 g/mol. The SMILES string of the molecule is CN1CCC[C@@](O)(CN2CCN(C(=O)c3ccco3)CC2)C1. The fourth-order valence-corrected chi connectivity index (χ4v) is 3.55. The van der Waals surface area contributed by atoms with Gasteiger partial charge in [-0.15, -0.1) is 0 Å². The highest BCUT2D eigenvalue weighted by Gasteiger charge is 2.35. The third-order valence-corrected chi connectivity index (χ3v) is 4.66. The molecule has 0 aromatic carbocycles. The van der Waals surface area contributed by atoms with Gasteiger partial charge in [-0.25, -0.2) is 0 Å². The van der Waals surface area contributed by atoms with E-state index in [0.29, 0.717) is 25.4 Å². The topological polar surface area (TPSA) is 60.2 Å². The number of amides is 1. The normalized spacial score (nSPS) is 28.0. The zero-order valence-electron chi connectivity index (χ0n) is 13.2. The fraction of sp³-hybridized carbons (Fsp3) is 0.688. The number of β-amino-alcohol motifs (C(OH)–C–C–N with tert-alkyl or cyclic N) is 1. The number of piperazine rings is 1. The number of nitrogens with zero attached hydrogens (tertiary/aromatic N) is 3. The molecule has 3 rings (SSSR count). The lowest BCUT2D eigenvalue weighted by Gasteiger charge is -2.43. The Morgan fingerprint density at radius 3 is 2.73 bits per heavy atom. The molecule has 3 heterocycles. The van der Waals surface area contributed by atoms with Crippen molar-refractivity contribution >= 4 is 5.91 Å². The predicted molar refractivity (Wildman–Crippen MR) is 82.7 cm³/mol. The minimum absolute atomic E-state index is 0.0410. The zero-order chi connectivity index (χ0) is 15.6. The fourth-order valence-electron chi connectivity index (χ4n) is 3.55. The number of hydrogen-bond donors (Lipinski definition) is 1. The molecule has 0 aliphatic carbocycles. The van der Waals surface area contributed by atoms with Gasteiger partial charge in [0.2, 0.25) is 0 Å². The van der Waals surface area contributed by atoms with E-state index in [9.17, 15) is 9.90 Å². The van der Waals surface area contributed by atoms with Crippen molar-refractivity contribution in [3.63, 3.8) is 0 Å². The van der Waals surface area contributed by atoms with E-state index in [1.165, 1.54) is 6.26 Å². The number of likely N-dealkylation sites (N-methyl/N-ethyl adjacent to an activating group) is 1. The van der Waals surface area contributed by atoms with Crippen molar-refractivity contribution in [1.82, 2.24) is 14.7 Å². The van der Waals surface area contributed by atoms with Gasteiger partial charge in [0.15, 0.2) is 5.76 Å². The monoisotopic (exact) mass is 307 g/mol. The van der Waals surface area contributed by atoms with Crippen LogP contribution in [0.5, 0.6) is 0 Å². The molecule has 1 atom stereocenters. The Morgan fingerprint density at radius 2 is 2.09 bits per heavy atom. The van der Waals surface area contributed by atoms with Crippen LogP contribution in [0.1, 0.15) is 23.4 Å². The van der Waals surface area contributed by atoms with Crippen LogP contribution in [0.15, 0.2) is 22.8 Å². The smallest absolute Gasteiger partial charge is 0.289 e. The summed E-state index contributed by atoms with van der Waals surface area (Å²) in [5.74, 6) is 0.363. The maximum atomic E-state index is 12.2. The van der Waals surface area contributed by atoms with Gasteiger partial charge in [-0.2, -0.15) is 0 Å². The molecule has 0 saturated carbocycles. The molecule has 6 nitrogen and oxygen atoms in total. The molecule has 1 N–H and O–H groups in total. The second-order valence-electron chi connectivity index (χ2n) is 6.61. The number of aliphatic hydroxyl groups is 1. The first-order valence-electron chi connectivity index (χ1n) is 8.02. The van der Waals surface area contributed by atoms with E-state index in [1.54, 1.807) is 12.1 Å². The molecule has 1 aromatic rings. The summed E-state index contributed by atoms with van der Waals surface area (Å²) < 4.78 is 5.17. The lowest BCUT2D eigenvalue weighted by molar-refractivity contribution is -0.0528. The lowest BCUT2D eigenvalue weighted by Crippen LogP contribution is -2.57. The van der Waals surface area contributed by atoms with Crippen LogP contribution < -0.4 is 0 Å². The minimum Gasteiger partial charge on any atom is -0.459 e. The van der Waals surface area contributed by atoms with Gasteiger partial charge >= 0.3 is 0 Å². The molecule has 6 heteroatoms. The van der Waals surface area contributed by atoms with Crippen molar-refractivity contribution in [2.24, 2.45) is 0 Å². The van der Waals surface area contributed by atoms with E-state index < -0.39 is 5.60 Å². The van der Waals surface area contributed by atoms with Gasteiger partial charge in [-0.1, -0.05) is 0 Å². The summed E-state index contributed by atoms with van der Waals surface area (Å²) >= 11 is 0. The number of likely N-dealkylation sites (tertiary alicyclic amines) is 1. The van der Waals surface area contributed by atoms with Crippen molar-refractivity contribution in [3.05, 3.63) is 24.2 Å². The predicted octanol–water partition coefficient (Wildman–Crippen LogP) is 0.494. The van der Waals surface area contributed by atoms with Crippen molar-refractivity contribution in [2.75, 3.05) is 52.9 Å². The molecule has 2 aliphatic rings. The molecule has 0 unspecified atom stereocenters. The van der Waals surface area contributed by atoms with E-state index >= 15 is 0 Å². The Labute approximate surface area is 131 Å². The molecule has 22 heavy (non-hydrogen) atoms. The van der Waals surface area contributed by atoms with E-state index in [2.05, 4.69) is 16.8 Å². The minimum atomic E-state index is -0.611. The zero-order valence-corrected chi connectivity index (χ0v) is 13.2. The average Bonchev–Trinajstić information content (AvgIpc) is 3.01. The first-order valence-corrected chi connectivity index (χ1v) is 8.02. The van der Waals surface area contributed by atoms with Gasteiger partial charge in [0.1, 0.15) is 0 Å². The van der Waals surface area contributed by atoms with E-state index in [4.69, 9.17) is 4.42 Å². The lowest BCUT2D eigenvalue weighted by atomic mass is 9.92. The van der Waals surface area contributed by atoms with E-state index in [0.717, 1.165) is 39.0 Å². The van der Waals surface area contributed by atoms with Crippen LogP contribution in [-0.4, -0.2) is 84.2 Å². The number of furan rings is 1. The first kappa shape index (κ1) is 15.5. The summed E-state index contributed by atoms with van der Waals surface area (Å²) in [6, 6.07) is 3.44. The molecule has 0 bridgehead atoms. The summed E-state index contributed by atoms with van der Waals surface area (Å²) in [6.45, 7) is 5.47. The van der Waals surface area contributed by atoms with Crippen molar-refractivity contribution in [3.8, 4) is 0 Å². The molecule has 2 aliphatic heterocycles. The van der Waals surface area contributed by atoms with Gasteiger partial charge in [-0.3, -0.25) is 9.69 Å². The third kappa shape index (κ3) is 3.51. The van der Waals surface area contributed by atoms with Crippen LogP contribution >= 0.6 is 0 Å². The molecular formula is C16H25N3O3. The summed E-state index contributed by atoms with van der Waals surface area (Å²) in [4.78, 5) is 18.5. The Morgan fingerprint density at radius 1 is 1.32 bits per heavy atom. The Bertz CT molecular complexity index is 497. The van der Waals surface area contributed by atoms with Gasteiger partial charge in [0, 0.05) is 39.3 Å². The van der Waals surface area contributed by atoms with Gasteiger partial charge in [0.05, 0.1) is 11.9 Å². The maximum Gasteiger partial charge on any atom is 0.289 e. The van der Waals surface area contributed by atoms with Crippen LogP contribution in [0.3, 0.4) is 0 Å². The van der Waals surface area contributed by atoms with E-state index in [1.807, 2.05) is 4.90 Å². The summed E-state index contributed by atoms with van der Waals surface area (Å²) in [7, 11) is 2.06. The van der Waals surface area contributed by atoms with Crippen molar-refractivity contribution in [2.45, 2.75) is 18.4 Å². The van der Waals surface area contributed by atoms with E-state index in [-0.39, 0.29) is 5.91 Å². The molecule has 2 saturated heterocycles. The van der Waals surface area contributed by atoms with Gasteiger partial charge in [-0.05, 0) is 38.6 Å². The summed E-state index contributed by atoms with van der Waals surface area (Å²) in [5.41, 5.74) is -0.611. The van der Waals surface area contributed by atoms with Crippen LogP contribution in [0.2, 0.25) is 0 Å². The standard InChI is InChI=1S/C16H25N3O3/c1-17-6-3-5-16(21,12-17)13-18-7-9-19(10-8-18)15(20)14-4-2-11-22-14/h2,4,11,21H,3,5-10,12-13H2,1H3/t16-/m0/s1. The van der Waals surface area contributed by atoms with Crippen LogP contribution in [0, 0.1) is 0 Å². The molecule has 122 valence electrons. The first-order chi connectivity index (χ1) is 10.6. The summed E-state index contributed by atoms with van der Waals surface area (Å²) in [5, 5.41) is 10.7. The quantitative estimate of drug-likeness (QED) is 0.881. The van der Waals surface area contributed by atoms with Gasteiger partial charge in [0.25, 0.3) is 5.91 Å². The Balaban J connectivity index is 1.50. The molecule has 0 spiro atoms. The third-order valence-electron chi connectivity index (χ3n) is 4.66. The molecule has 0 radical (unpaired) electrons. The van der Waals surface area contributed by atoms with Crippen LogP contribution in [-0.2, 0) is 0 Å². The number of carbonyl (C=O) groups is 1. The molecule has 1 aromatic heterocycles. The van der Waals surface area contributed by atoms with Crippen LogP contribution in [0.4, 0.5) is 0 Å². The number of rotatable bonds is 3.